The molecule has 0 bridgehead atoms. The second kappa shape index (κ2) is 8.03. The van der Waals surface area contributed by atoms with Gasteiger partial charge in [-0.1, -0.05) is 17.7 Å². The van der Waals surface area contributed by atoms with Crippen LogP contribution >= 0.6 is 11.6 Å². The summed E-state index contributed by atoms with van der Waals surface area (Å²) in [6.45, 7) is 7.53. The highest BCUT2D eigenvalue weighted by Gasteiger charge is 2.20. The van der Waals surface area contributed by atoms with Crippen molar-refractivity contribution < 1.29 is 14.3 Å². The number of hydrogen-bond acceptors (Lipinski definition) is 3. The van der Waals surface area contributed by atoms with Crippen LogP contribution in [0.15, 0.2) is 24.3 Å². The predicted molar refractivity (Wildman–Crippen MR) is 87.1 cm³/mol. The highest BCUT2D eigenvalue weighted by atomic mass is 35.5. The number of halogens is 1. The van der Waals surface area contributed by atoms with Gasteiger partial charge in [0.1, 0.15) is 11.8 Å². The largest absolute Gasteiger partial charge is 0.493 e. The molecule has 0 saturated carbocycles. The van der Waals surface area contributed by atoms with Crippen LogP contribution in [0, 0.1) is 0 Å². The molecule has 0 spiro atoms. The lowest BCUT2D eigenvalue weighted by Crippen LogP contribution is -2.50. The molecule has 0 aliphatic heterocycles. The maximum absolute atomic E-state index is 11.9. The second-order valence-corrected chi connectivity index (χ2v) is 6.52. The van der Waals surface area contributed by atoms with E-state index in [1.54, 1.807) is 31.2 Å². The summed E-state index contributed by atoms with van der Waals surface area (Å²) < 4.78 is 5.43. The van der Waals surface area contributed by atoms with Crippen molar-refractivity contribution in [3.63, 3.8) is 0 Å². The van der Waals surface area contributed by atoms with E-state index < -0.39 is 6.04 Å². The molecule has 122 valence electrons. The van der Waals surface area contributed by atoms with E-state index in [-0.39, 0.29) is 30.4 Å². The van der Waals surface area contributed by atoms with E-state index in [4.69, 9.17) is 16.3 Å². The molecule has 0 aliphatic carbocycles. The fourth-order valence-corrected chi connectivity index (χ4v) is 1.86. The minimum Gasteiger partial charge on any atom is -0.493 e. The first kappa shape index (κ1) is 18.3. The van der Waals surface area contributed by atoms with Gasteiger partial charge < -0.3 is 15.4 Å². The number of benzene rings is 1. The molecule has 0 saturated heterocycles. The van der Waals surface area contributed by atoms with Crippen molar-refractivity contribution in [3.8, 4) is 5.75 Å². The minimum absolute atomic E-state index is 0.166. The molecular formula is C16H23ClN2O3. The van der Waals surface area contributed by atoms with E-state index in [9.17, 15) is 9.59 Å². The molecule has 2 N–H and O–H groups in total. The minimum atomic E-state index is -0.585. The Morgan fingerprint density at radius 3 is 2.59 bits per heavy atom. The van der Waals surface area contributed by atoms with Crippen LogP contribution in [0.25, 0.3) is 0 Å². The SMILES string of the molecule is CC(NC(=O)CCOc1cccc(Cl)c1)C(=O)NC(C)(C)C. The predicted octanol–water partition coefficient (Wildman–Crippen LogP) is 2.53. The standard InChI is InChI=1S/C16H23ClN2O3/c1-11(15(21)19-16(2,3)4)18-14(20)8-9-22-13-7-5-6-12(17)10-13/h5-7,10-11H,8-9H2,1-4H3,(H,18,20)(H,19,21). The molecule has 0 heterocycles. The first-order chi connectivity index (χ1) is 10.2. The molecule has 0 fully saturated rings. The van der Waals surface area contributed by atoms with Gasteiger partial charge in [-0.05, 0) is 45.9 Å². The Balaban J connectivity index is 2.32. The van der Waals surface area contributed by atoms with Crippen LogP contribution in [0.3, 0.4) is 0 Å². The van der Waals surface area contributed by atoms with Gasteiger partial charge in [0.05, 0.1) is 13.0 Å². The van der Waals surface area contributed by atoms with Crippen molar-refractivity contribution in [2.45, 2.75) is 45.7 Å². The number of nitrogens with one attached hydrogen (secondary N) is 2. The number of hydrogen-bond donors (Lipinski definition) is 2. The van der Waals surface area contributed by atoms with E-state index in [0.29, 0.717) is 10.8 Å². The van der Waals surface area contributed by atoms with Gasteiger partial charge in [-0.25, -0.2) is 0 Å². The maximum atomic E-state index is 11.9. The zero-order chi connectivity index (χ0) is 16.8. The average molecular weight is 327 g/mol. The lowest BCUT2D eigenvalue weighted by atomic mass is 10.1. The normalized spacial score (nSPS) is 12.4. The summed E-state index contributed by atoms with van der Waals surface area (Å²) in [7, 11) is 0. The lowest BCUT2D eigenvalue weighted by molar-refractivity contribution is -0.129. The Kier molecular flexibility index (Phi) is 6.68. The van der Waals surface area contributed by atoms with Crippen molar-refractivity contribution in [2.24, 2.45) is 0 Å². The van der Waals surface area contributed by atoms with Crippen LogP contribution in [0.2, 0.25) is 5.02 Å². The number of carbonyl (C=O) groups is 2. The van der Waals surface area contributed by atoms with Crippen LogP contribution in [0.5, 0.6) is 5.75 Å². The Hall–Kier alpha value is -1.75. The van der Waals surface area contributed by atoms with Crippen LogP contribution in [-0.4, -0.2) is 30.0 Å². The molecule has 1 unspecified atom stereocenters. The molecule has 0 aromatic heterocycles. The second-order valence-electron chi connectivity index (χ2n) is 6.08. The Morgan fingerprint density at radius 2 is 2.00 bits per heavy atom. The average Bonchev–Trinajstić information content (AvgIpc) is 2.36. The van der Waals surface area contributed by atoms with E-state index in [1.165, 1.54) is 0 Å². The monoisotopic (exact) mass is 326 g/mol. The topological polar surface area (TPSA) is 67.4 Å². The molecule has 5 nitrogen and oxygen atoms in total. The van der Waals surface area contributed by atoms with Gasteiger partial charge in [-0.15, -0.1) is 0 Å². The molecule has 0 radical (unpaired) electrons. The maximum Gasteiger partial charge on any atom is 0.242 e. The van der Waals surface area contributed by atoms with Gasteiger partial charge in [-0.2, -0.15) is 0 Å². The van der Waals surface area contributed by atoms with Gasteiger partial charge in [-0.3, -0.25) is 9.59 Å². The molecule has 1 rings (SSSR count). The molecule has 1 aromatic rings. The molecular weight excluding hydrogens is 304 g/mol. The quantitative estimate of drug-likeness (QED) is 0.844. The van der Waals surface area contributed by atoms with Gasteiger partial charge >= 0.3 is 0 Å². The summed E-state index contributed by atoms with van der Waals surface area (Å²) in [5.41, 5.74) is -0.328. The van der Waals surface area contributed by atoms with Crippen LogP contribution in [0.4, 0.5) is 0 Å². The summed E-state index contributed by atoms with van der Waals surface area (Å²) in [4.78, 5) is 23.6. The molecule has 1 atom stereocenters. The van der Waals surface area contributed by atoms with Crippen molar-refractivity contribution >= 4 is 23.4 Å². The van der Waals surface area contributed by atoms with Gasteiger partial charge in [0, 0.05) is 10.6 Å². The lowest BCUT2D eigenvalue weighted by Gasteiger charge is -2.23. The molecule has 6 heteroatoms. The summed E-state index contributed by atoms with van der Waals surface area (Å²) >= 11 is 5.84. The summed E-state index contributed by atoms with van der Waals surface area (Å²) in [5.74, 6) is 0.161. The van der Waals surface area contributed by atoms with Crippen molar-refractivity contribution in [1.82, 2.24) is 10.6 Å². The van der Waals surface area contributed by atoms with Crippen molar-refractivity contribution in [1.29, 1.82) is 0 Å². The molecule has 0 aliphatic rings. The molecule has 22 heavy (non-hydrogen) atoms. The molecule has 2 amide bonds. The summed E-state index contributed by atoms with van der Waals surface area (Å²) in [5, 5.41) is 6.03. The van der Waals surface area contributed by atoms with Crippen LogP contribution in [-0.2, 0) is 9.59 Å². The Bertz CT molecular complexity index is 526. The van der Waals surface area contributed by atoms with E-state index >= 15 is 0 Å². The van der Waals surface area contributed by atoms with E-state index in [1.807, 2.05) is 20.8 Å². The smallest absolute Gasteiger partial charge is 0.242 e. The highest BCUT2D eigenvalue weighted by molar-refractivity contribution is 6.30. The third-order valence-corrected chi connectivity index (χ3v) is 2.90. The van der Waals surface area contributed by atoms with Gasteiger partial charge in [0.15, 0.2) is 0 Å². The van der Waals surface area contributed by atoms with Gasteiger partial charge in [0.2, 0.25) is 11.8 Å². The number of amides is 2. The van der Waals surface area contributed by atoms with E-state index in [2.05, 4.69) is 10.6 Å². The van der Waals surface area contributed by atoms with Crippen LogP contribution < -0.4 is 15.4 Å². The Labute approximate surface area is 136 Å². The first-order valence-corrected chi connectivity index (χ1v) is 7.55. The fourth-order valence-electron chi connectivity index (χ4n) is 1.68. The number of rotatable bonds is 6. The first-order valence-electron chi connectivity index (χ1n) is 7.17. The zero-order valence-corrected chi connectivity index (χ0v) is 14.2. The number of carbonyl (C=O) groups excluding carboxylic acids is 2. The highest BCUT2D eigenvalue weighted by Crippen LogP contribution is 2.17. The molecule has 1 aromatic carbocycles. The van der Waals surface area contributed by atoms with Gasteiger partial charge in [0.25, 0.3) is 0 Å². The number of ether oxygens (including phenoxy) is 1. The van der Waals surface area contributed by atoms with Crippen molar-refractivity contribution in [3.05, 3.63) is 29.3 Å². The third kappa shape index (κ3) is 7.31. The fraction of sp³-hybridized carbons (Fsp3) is 0.500. The van der Waals surface area contributed by atoms with Crippen LogP contribution in [0.1, 0.15) is 34.1 Å². The third-order valence-electron chi connectivity index (χ3n) is 2.66. The summed E-state index contributed by atoms with van der Waals surface area (Å²) in [6, 6.07) is 6.38. The summed E-state index contributed by atoms with van der Waals surface area (Å²) in [6.07, 6.45) is 0.166. The van der Waals surface area contributed by atoms with Crippen molar-refractivity contribution in [2.75, 3.05) is 6.61 Å². The zero-order valence-electron chi connectivity index (χ0n) is 13.4. The Morgan fingerprint density at radius 1 is 1.32 bits per heavy atom. The van der Waals surface area contributed by atoms with E-state index in [0.717, 1.165) is 0 Å².